The molecule has 0 fully saturated rings. The van der Waals surface area contributed by atoms with Crippen molar-refractivity contribution in [1.82, 2.24) is 9.78 Å². The Morgan fingerprint density at radius 1 is 1.39 bits per heavy atom. The highest BCUT2D eigenvalue weighted by molar-refractivity contribution is 6.30. The Morgan fingerprint density at radius 2 is 2.11 bits per heavy atom. The van der Waals surface area contributed by atoms with Gasteiger partial charge in [0, 0.05) is 12.1 Å². The van der Waals surface area contributed by atoms with Gasteiger partial charge in [0.05, 0.1) is 19.3 Å². The van der Waals surface area contributed by atoms with E-state index >= 15 is 0 Å². The maximum Gasteiger partial charge on any atom is 0.161 e. The van der Waals surface area contributed by atoms with Gasteiger partial charge in [0.1, 0.15) is 5.69 Å². The Labute approximate surface area is 111 Å². The number of hydrogen-bond donors (Lipinski definition) is 1. The van der Waals surface area contributed by atoms with E-state index < -0.39 is 0 Å². The standard InChI is InChI=1S/C13H16ClN3O/c1-8-4-9(6-10(14)5-8)12(15)13-11(18-3)7-16-17(13)2/h4-7,12H,15H2,1-3H3. The quantitative estimate of drug-likeness (QED) is 0.927. The van der Waals surface area contributed by atoms with Gasteiger partial charge in [-0.3, -0.25) is 4.68 Å². The lowest BCUT2D eigenvalue weighted by Crippen LogP contribution is -2.17. The Morgan fingerprint density at radius 3 is 2.72 bits per heavy atom. The van der Waals surface area contributed by atoms with Gasteiger partial charge in [-0.2, -0.15) is 5.10 Å². The van der Waals surface area contributed by atoms with Gasteiger partial charge in [0.25, 0.3) is 0 Å². The largest absolute Gasteiger partial charge is 0.493 e. The van der Waals surface area contributed by atoms with Crippen LogP contribution in [-0.2, 0) is 7.05 Å². The number of rotatable bonds is 3. The van der Waals surface area contributed by atoms with Crippen molar-refractivity contribution in [1.29, 1.82) is 0 Å². The molecule has 5 heteroatoms. The topological polar surface area (TPSA) is 53.1 Å². The van der Waals surface area contributed by atoms with Crippen LogP contribution in [0.4, 0.5) is 0 Å². The smallest absolute Gasteiger partial charge is 0.161 e. The van der Waals surface area contributed by atoms with Crippen LogP contribution in [0.1, 0.15) is 22.9 Å². The molecule has 0 saturated carbocycles. The molecule has 0 radical (unpaired) electrons. The molecular formula is C13H16ClN3O. The van der Waals surface area contributed by atoms with Crippen molar-refractivity contribution in [2.24, 2.45) is 12.8 Å². The maximum atomic E-state index is 6.28. The molecule has 1 aromatic heterocycles. The van der Waals surface area contributed by atoms with Crippen LogP contribution in [0.5, 0.6) is 5.75 Å². The minimum atomic E-state index is -0.315. The zero-order chi connectivity index (χ0) is 13.3. The van der Waals surface area contributed by atoms with Crippen LogP contribution >= 0.6 is 11.6 Å². The number of hydrogen-bond acceptors (Lipinski definition) is 3. The number of methoxy groups -OCH3 is 1. The van der Waals surface area contributed by atoms with Crippen molar-refractivity contribution in [3.8, 4) is 5.75 Å². The number of nitrogens with zero attached hydrogens (tertiary/aromatic N) is 2. The minimum absolute atomic E-state index is 0.315. The minimum Gasteiger partial charge on any atom is -0.493 e. The fraction of sp³-hybridized carbons (Fsp3) is 0.308. The molecule has 2 rings (SSSR count). The summed E-state index contributed by atoms with van der Waals surface area (Å²) in [6.45, 7) is 1.99. The molecule has 0 aliphatic rings. The van der Waals surface area contributed by atoms with Gasteiger partial charge in [0.2, 0.25) is 0 Å². The number of aryl methyl sites for hydroxylation is 2. The number of aromatic nitrogens is 2. The van der Waals surface area contributed by atoms with E-state index in [1.807, 2.05) is 32.2 Å². The molecule has 0 bridgehead atoms. The molecule has 96 valence electrons. The third kappa shape index (κ3) is 2.35. The summed E-state index contributed by atoms with van der Waals surface area (Å²) in [5.74, 6) is 0.683. The van der Waals surface area contributed by atoms with E-state index in [4.69, 9.17) is 22.1 Å². The van der Waals surface area contributed by atoms with Crippen molar-refractivity contribution in [3.05, 3.63) is 46.2 Å². The second-order valence-corrected chi connectivity index (χ2v) is 4.70. The first-order valence-corrected chi connectivity index (χ1v) is 5.99. The van der Waals surface area contributed by atoms with Gasteiger partial charge in [-0.1, -0.05) is 17.7 Å². The summed E-state index contributed by atoms with van der Waals surface area (Å²) in [6.07, 6.45) is 1.66. The zero-order valence-electron chi connectivity index (χ0n) is 10.6. The molecule has 0 saturated heterocycles. The summed E-state index contributed by atoms with van der Waals surface area (Å²) in [5, 5.41) is 4.84. The summed E-state index contributed by atoms with van der Waals surface area (Å²) in [5.41, 5.74) is 9.13. The summed E-state index contributed by atoms with van der Waals surface area (Å²) in [6, 6.07) is 5.47. The molecule has 0 aliphatic heterocycles. The molecule has 18 heavy (non-hydrogen) atoms. The van der Waals surface area contributed by atoms with Gasteiger partial charge in [-0.25, -0.2) is 0 Å². The van der Waals surface area contributed by atoms with Crippen LogP contribution in [0.25, 0.3) is 0 Å². The Hall–Kier alpha value is -1.52. The van der Waals surface area contributed by atoms with Gasteiger partial charge >= 0.3 is 0 Å². The van der Waals surface area contributed by atoms with Crippen LogP contribution in [0.3, 0.4) is 0 Å². The Kier molecular flexibility index (Phi) is 3.59. The summed E-state index contributed by atoms with van der Waals surface area (Å²) in [4.78, 5) is 0. The lowest BCUT2D eigenvalue weighted by molar-refractivity contribution is 0.406. The predicted octanol–water partition coefficient (Wildman–Crippen LogP) is 2.44. The Balaban J connectivity index is 2.47. The predicted molar refractivity (Wildman–Crippen MR) is 72.0 cm³/mol. The first kappa shape index (κ1) is 12.9. The van der Waals surface area contributed by atoms with Crippen LogP contribution in [0, 0.1) is 6.92 Å². The summed E-state index contributed by atoms with van der Waals surface area (Å²) < 4.78 is 6.99. The highest BCUT2D eigenvalue weighted by atomic mass is 35.5. The highest BCUT2D eigenvalue weighted by Gasteiger charge is 2.19. The molecule has 1 unspecified atom stereocenters. The van der Waals surface area contributed by atoms with Crippen LogP contribution in [-0.4, -0.2) is 16.9 Å². The second kappa shape index (κ2) is 5.00. The first-order chi connectivity index (χ1) is 8.52. The van der Waals surface area contributed by atoms with Gasteiger partial charge in [0.15, 0.2) is 5.75 Å². The molecule has 1 heterocycles. The number of halogens is 1. The van der Waals surface area contributed by atoms with Crippen molar-refractivity contribution >= 4 is 11.6 Å². The molecule has 4 nitrogen and oxygen atoms in total. The molecule has 0 amide bonds. The normalized spacial score (nSPS) is 12.5. The summed E-state index contributed by atoms with van der Waals surface area (Å²) in [7, 11) is 3.45. The van der Waals surface area contributed by atoms with E-state index in [1.54, 1.807) is 18.0 Å². The maximum absolute atomic E-state index is 6.28. The number of ether oxygens (including phenoxy) is 1. The fourth-order valence-corrected chi connectivity index (χ4v) is 2.34. The highest BCUT2D eigenvalue weighted by Crippen LogP contribution is 2.29. The number of nitrogens with two attached hydrogens (primary N) is 1. The van der Waals surface area contributed by atoms with E-state index in [0.717, 1.165) is 16.8 Å². The van der Waals surface area contributed by atoms with Crippen molar-refractivity contribution in [2.75, 3.05) is 7.11 Å². The average Bonchev–Trinajstić information content (AvgIpc) is 2.68. The fourth-order valence-electron chi connectivity index (χ4n) is 2.04. The molecule has 0 spiro atoms. The molecule has 1 atom stereocenters. The third-order valence-electron chi connectivity index (χ3n) is 2.89. The van der Waals surface area contributed by atoms with E-state index in [2.05, 4.69) is 5.10 Å². The molecule has 1 aromatic carbocycles. The zero-order valence-corrected chi connectivity index (χ0v) is 11.4. The second-order valence-electron chi connectivity index (χ2n) is 4.26. The van der Waals surface area contributed by atoms with Crippen LogP contribution < -0.4 is 10.5 Å². The molecule has 2 aromatic rings. The van der Waals surface area contributed by atoms with Gasteiger partial charge < -0.3 is 10.5 Å². The Bertz CT molecular complexity index is 545. The van der Waals surface area contributed by atoms with Gasteiger partial charge in [-0.15, -0.1) is 0 Å². The van der Waals surface area contributed by atoms with E-state index in [-0.39, 0.29) is 6.04 Å². The van der Waals surface area contributed by atoms with Crippen molar-refractivity contribution in [2.45, 2.75) is 13.0 Å². The molecular weight excluding hydrogens is 250 g/mol. The van der Waals surface area contributed by atoms with Crippen LogP contribution in [0.2, 0.25) is 5.02 Å². The monoisotopic (exact) mass is 265 g/mol. The summed E-state index contributed by atoms with van der Waals surface area (Å²) >= 11 is 6.06. The lowest BCUT2D eigenvalue weighted by atomic mass is 10.0. The van der Waals surface area contributed by atoms with Crippen LogP contribution in [0.15, 0.2) is 24.4 Å². The average molecular weight is 266 g/mol. The first-order valence-electron chi connectivity index (χ1n) is 5.61. The van der Waals surface area contributed by atoms with E-state index in [1.165, 1.54) is 0 Å². The van der Waals surface area contributed by atoms with Gasteiger partial charge in [-0.05, 0) is 30.2 Å². The van der Waals surface area contributed by atoms with Crippen molar-refractivity contribution < 1.29 is 4.74 Å². The van der Waals surface area contributed by atoms with E-state index in [0.29, 0.717) is 10.8 Å². The van der Waals surface area contributed by atoms with E-state index in [9.17, 15) is 0 Å². The third-order valence-corrected chi connectivity index (χ3v) is 3.11. The SMILES string of the molecule is COc1cnn(C)c1C(N)c1cc(C)cc(Cl)c1. The number of benzene rings is 1. The van der Waals surface area contributed by atoms with Crippen molar-refractivity contribution in [3.63, 3.8) is 0 Å². The molecule has 2 N–H and O–H groups in total. The molecule has 0 aliphatic carbocycles. The lowest BCUT2D eigenvalue weighted by Gasteiger charge is -2.15.